The average molecular weight is 355 g/mol. The van der Waals surface area contributed by atoms with Gasteiger partial charge in [-0.05, 0) is 31.2 Å². The second-order valence-corrected chi connectivity index (χ2v) is 8.40. The van der Waals surface area contributed by atoms with Crippen molar-refractivity contribution in [1.82, 2.24) is 14.2 Å². The average Bonchev–Trinajstić information content (AvgIpc) is 3.26. The van der Waals surface area contributed by atoms with Crippen LogP contribution in [0.4, 0.5) is 0 Å². The Morgan fingerprint density at radius 3 is 2.71 bits per heavy atom. The third-order valence-corrected chi connectivity index (χ3v) is 6.33. The third-order valence-electron chi connectivity index (χ3n) is 4.45. The Morgan fingerprint density at radius 1 is 1.38 bits per heavy atom. The summed E-state index contributed by atoms with van der Waals surface area (Å²) in [4.78, 5) is 17.5. The summed E-state index contributed by atoms with van der Waals surface area (Å²) in [5.74, 6) is 0.485. The van der Waals surface area contributed by atoms with Crippen LogP contribution >= 0.6 is 0 Å². The largest absolute Gasteiger partial charge is 0.379 e. The summed E-state index contributed by atoms with van der Waals surface area (Å²) in [6.45, 7) is 5.00. The fraction of sp³-hybridized carbons (Fsp3) is 0.688. The molecule has 0 atom stereocenters. The molecule has 1 N–H and O–H groups in total. The maximum atomic E-state index is 12.7. The minimum Gasteiger partial charge on any atom is -0.379 e. The van der Waals surface area contributed by atoms with Gasteiger partial charge < -0.3 is 14.6 Å². The van der Waals surface area contributed by atoms with E-state index in [1.807, 2.05) is 11.8 Å². The van der Waals surface area contributed by atoms with Crippen molar-refractivity contribution in [2.24, 2.45) is 5.92 Å². The lowest BCUT2D eigenvalue weighted by Gasteiger charge is -2.25. The Bertz CT molecular complexity index is 675. The van der Waals surface area contributed by atoms with Crippen molar-refractivity contribution in [2.45, 2.75) is 31.1 Å². The quantitative estimate of drug-likeness (QED) is 0.799. The third kappa shape index (κ3) is 3.81. The van der Waals surface area contributed by atoms with Crippen molar-refractivity contribution in [3.8, 4) is 0 Å². The number of H-pyrrole nitrogens is 1. The highest BCUT2D eigenvalue weighted by Gasteiger charge is 2.30. The van der Waals surface area contributed by atoms with Crippen molar-refractivity contribution < 1.29 is 17.9 Å². The molecule has 7 nitrogen and oxygen atoms in total. The van der Waals surface area contributed by atoms with Gasteiger partial charge in [-0.2, -0.15) is 4.31 Å². The number of amides is 1. The predicted octanol–water partition coefficient (Wildman–Crippen LogP) is 1.30. The molecular weight excluding hydrogens is 330 g/mol. The number of aromatic nitrogens is 1. The Morgan fingerprint density at radius 2 is 2.08 bits per heavy atom. The topological polar surface area (TPSA) is 82.7 Å². The summed E-state index contributed by atoms with van der Waals surface area (Å²) < 4.78 is 31.9. The van der Waals surface area contributed by atoms with Crippen LogP contribution in [0.2, 0.25) is 0 Å². The lowest BCUT2D eigenvalue weighted by molar-refractivity contribution is 0.0729. The summed E-state index contributed by atoms with van der Waals surface area (Å²) in [6.07, 6.45) is 4.65. The number of carbonyl (C=O) groups is 1. The van der Waals surface area contributed by atoms with Crippen molar-refractivity contribution in [3.05, 3.63) is 18.0 Å². The van der Waals surface area contributed by atoms with E-state index >= 15 is 0 Å². The Hall–Kier alpha value is -1.38. The molecule has 0 bridgehead atoms. The van der Waals surface area contributed by atoms with E-state index in [0.29, 0.717) is 44.5 Å². The van der Waals surface area contributed by atoms with E-state index < -0.39 is 10.0 Å². The molecule has 2 fully saturated rings. The van der Waals surface area contributed by atoms with Crippen LogP contribution in [0.1, 0.15) is 36.7 Å². The van der Waals surface area contributed by atoms with Crippen LogP contribution in [-0.4, -0.2) is 67.9 Å². The van der Waals surface area contributed by atoms with E-state index in [9.17, 15) is 13.2 Å². The number of nitrogens with one attached hydrogen (secondary N) is 1. The first kappa shape index (κ1) is 17.4. The summed E-state index contributed by atoms with van der Waals surface area (Å²) in [7, 11) is -3.57. The number of rotatable bonds is 7. The number of morpholine rings is 1. The molecule has 3 rings (SSSR count). The fourth-order valence-corrected chi connectivity index (χ4v) is 4.31. The molecule has 24 heavy (non-hydrogen) atoms. The molecule has 0 spiro atoms. The predicted molar refractivity (Wildman–Crippen MR) is 89.3 cm³/mol. The molecule has 0 aromatic carbocycles. The van der Waals surface area contributed by atoms with Gasteiger partial charge in [0.1, 0.15) is 10.6 Å². The first-order chi connectivity index (χ1) is 11.5. The van der Waals surface area contributed by atoms with Crippen LogP contribution in [0.15, 0.2) is 17.2 Å². The van der Waals surface area contributed by atoms with Gasteiger partial charge in [-0.1, -0.05) is 6.92 Å². The van der Waals surface area contributed by atoms with Crippen LogP contribution in [0.3, 0.4) is 0 Å². The van der Waals surface area contributed by atoms with Gasteiger partial charge in [0.15, 0.2) is 0 Å². The van der Waals surface area contributed by atoms with Gasteiger partial charge in [0.25, 0.3) is 5.91 Å². The Labute approximate surface area is 143 Å². The summed E-state index contributed by atoms with van der Waals surface area (Å²) in [5, 5.41) is 0. The van der Waals surface area contributed by atoms with Gasteiger partial charge in [-0.25, -0.2) is 8.42 Å². The molecule has 1 aliphatic heterocycles. The van der Waals surface area contributed by atoms with Gasteiger partial charge in [0, 0.05) is 32.4 Å². The van der Waals surface area contributed by atoms with Crippen LogP contribution < -0.4 is 0 Å². The van der Waals surface area contributed by atoms with Crippen molar-refractivity contribution in [2.75, 3.05) is 39.4 Å². The molecule has 1 aliphatic carbocycles. The van der Waals surface area contributed by atoms with Crippen LogP contribution in [0, 0.1) is 5.92 Å². The lowest BCUT2D eigenvalue weighted by atomic mass is 10.3. The molecule has 0 radical (unpaired) electrons. The number of sulfonamides is 1. The van der Waals surface area contributed by atoms with E-state index in [1.165, 1.54) is 29.4 Å². The number of nitrogens with zero attached hydrogens (tertiary/aromatic N) is 2. The van der Waals surface area contributed by atoms with Crippen molar-refractivity contribution in [1.29, 1.82) is 0 Å². The fourth-order valence-electron chi connectivity index (χ4n) is 2.91. The van der Waals surface area contributed by atoms with E-state index in [4.69, 9.17) is 4.74 Å². The second-order valence-electron chi connectivity index (χ2n) is 6.46. The van der Waals surface area contributed by atoms with E-state index in [1.54, 1.807) is 0 Å². The van der Waals surface area contributed by atoms with Crippen LogP contribution in [0.5, 0.6) is 0 Å². The Kier molecular flexibility index (Phi) is 5.27. The molecule has 2 aliphatic rings. The maximum absolute atomic E-state index is 12.7. The van der Waals surface area contributed by atoms with Crippen molar-refractivity contribution >= 4 is 15.9 Å². The minimum absolute atomic E-state index is 0.118. The number of carbonyl (C=O) groups excluding carboxylic acids is 1. The zero-order valence-corrected chi connectivity index (χ0v) is 14.8. The second kappa shape index (κ2) is 7.25. The van der Waals surface area contributed by atoms with Gasteiger partial charge in [-0.15, -0.1) is 0 Å². The van der Waals surface area contributed by atoms with Gasteiger partial charge in [-0.3, -0.25) is 4.79 Å². The molecule has 134 valence electrons. The van der Waals surface area contributed by atoms with Crippen LogP contribution in [-0.2, 0) is 14.8 Å². The van der Waals surface area contributed by atoms with E-state index in [-0.39, 0.29) is 10.8 Å². The molecule has 8 heteroatoms. The zero-order valence-electron chi connectivity index (χ0n) is 14.0. The lowest BCUT2D eigenvalue weighted by Crippen LogP contribution is -2.40. The molecule has 0 unspecified atom stereocenters. The Balaban J connectivity index is 1.74. The number of aromatic amines is 1. The molecule has 1 saturated carbocycles. The van der Waals surface area contributed by atoms with Crippen LogP contribution in [0.25, 0.3) is 0 Å². The van der Waals surface area contributed by atoms with Gasteiger partial charge in [0.05, 0.1) is 13.2 Å². The molecule has 2 heterocycles. The van der Waals surface area contributed by atoms with Gasteiger partial charge in [0.2, 0.25) is 10.0 Å². The highest BCUT2D eigenvalue weighted by atomic mass is 32.2. The normalized spacial score (nSPS) is 19.4. The highest BCUT2D eigenvalue weighted by Crippen LogP contribution is 2.30. The summed E-state index contributed by atoms with van der Waals surface area (Å²) in [5.41, 5.74) is 0.343. The number of ether oxygens (including phenoxy) is 1. The smallest absolute Gasteiger partial charge is 0.270 e. The standard InChI is InChI=1S/C16H25N3O4S/c1-2-5-18(12-13-3-4-13)16(20)15-10-14(11-17-15)24(21,22)19-6-8-23-9-7-19/h10-11,13,17H,2-9,12H2,1H3. The number of hydrogen-bond acceptors (Lipinski definition) is 4. The maximum Gasteiger partial charge on any atom is 0.270 e. The van der Waals surface area contributed by atoms with E-state index in [2.05, 4.69) is 4.98 Å². The molecular formula is C16H25N3O4S. The summed E-state index contributed by atoms with van der Waals surface area (Å²) >= 11 is 0. The SMILES string of the molecule is CCCN(CC1CC1)C(=O)c1cc(S(=O)(=O)N2CCOCC2)c[nH]1. The number of hydrogen-bond donors (Lipinski definition) is 1. The monoisotopic (exact) mass is 355 g/mol. The zero-order chi connectivity index (χ0) is 17.2. The highest BCUT2D eigenvalue weighted by molar-refractivity contribution is 7.89. The summed E-state index contributed by atoms with van der Waals surface area (Å²) in [6, 6.07) is 1.46. The molecule has 1 amide bonds. The first-order valence-corrected chi connectivity index (χ1v) is 10.0. The molecule has 1 aromatic rings. The first-order valence-electron chi connectivity index (χ1n) is 8.58. The van der Waals surface area contributed by atoms with E-state index in [0.717, 1.165) is 13.0 Å². The molecule has 1 aromatic heterocycles. The minimum atomic E-state index is -3.57. The van der Waals surface area contributed by atoms with Gasteiger partial charge >= 0.3 is 0 Å². The molecule has 1 saturated heterocycles. The van der Waals surface area contributed by atoms with Crippen molar-refractivity contribution in [3.63, 3.8) is 0 Å².